The van der Waals surface area contributed by atoms with Crippen molar-refractivity contribution in [3.05, 3.63) is 59.7 Å². The maximum absolute atomic E-state index is 4.58. The minimum absolute atomic E-state index is 0.559. The molecular weight excluding hydrogens is 294 g/mol. The first-order valence-electron chi connectivity index (χ1n) is 6.93. The normalized spacial score (nSPS) is 10.9. The zero-order chi connectivity index (χ0) is 14.8. The standard InChI is InChI=1S/C16H13N5S/c1-2-5-12-11(4-1)7-8-14(18-12)17-10-15-19-16(21-20-15)13-6-3-9-22-13/h1-9H,10H2,(H,17,18)(H,19,20,21). The third kappa shape index (κ3) is 2.56. The lowest BCUT2D eigenvalue weighted by molar-refractivity contribution is 0.949. The Hall–Kier alpha value is -2.73. The number of aromatic nitrogens is 4. The van der Waals surface area contributed by atoms with Crippen LogP contribution in [0.15, 0.2) is 53.9 Å². The number of rotatable bonds is 4. The van der Waals surface area contributed by atoms with Crippen LogP contribution >= 0.6 is 11.3 Å². The Labute approximate surface area is 131 Å². The van der Waals surface area contributed by atoms with E-state index in [-0.39, 0.29) is 0 Å². The van der Waals surface area contributed by atoms with Gasteiger partial charge in [0.25, 0.3) is 0 Å². The first kappa shape index (κ1) is 13.0. The third-order valence-corrected chi connectivity index (χ3v) is 4.17. The van der Waals surface area contributed by atoms with Crippen molar-refractivity contribution in [2.45, 2.75) is 6.54 Å². The maximum atomic E-state index is 4.58. The Balaban J connectivity index is 1.49. The van der Waals surface area contributed by atoms with Gasteiger partial charge < -0.3 is 5.32 Å². The highest BCUT2D eigenvalue weighted by molar-refractivity contribution is 7.13. The molecule has 3 aromatic heterocycles. The maximum Gasteiger partial charge on any atom is 0.191 e. The quantitative estimate of drug-likeness (QED) is 0.603. The zero-order valence-corrected chi connectivity index (χ0v) is 12.5. The van der Waals surface area contributed by atoms with Crippen LogP contribution in [0.3, 0.4) is 0 Å². The van der Waals surface area contributed by atoms with E-state index in [1.54, 1.807) is 11.3 Å². The summed E-state index contributed by atoms with van der Waals surface area (Å²) in [5, 5.41) is 13.6. The van der Waals surface area contributed by atoms with E-state index in [0.717, 1.165) is 33.2 Å². The number of aromatic amines is 1. The predicted molar refractivity (Wildman–Crippen MR) is 88.8 cm³/mol. The number of benzene rings is 1. The second-order valence-corrected chi connectivity index (χ2v) is 5.77. The molecule has 0 amide bonds. The fourth-order valence-electron chi connectivity index (χ4n) is 2.23. The van der Waals surface area contributed by atoms with E-state index in [1.807, 2.05) is 41.8 Å². The van der Waals surface area contributed by atoms with Crippen LogP contribution in [0.2, 0.25) is 0 Å². The number of nitrogens with one attached hydrogen (secondary N) is 2. The summed E-state index contributed by atoms with van der Waals surface area (Å²) in [6.45, 7) is 0.559. The number of fused-ring (bicyclic) bond motifs is 1. The molecule has 5 nitrogen and oxygen atoms in total. The number of hydrogen-bond acceptors (Lipinski definition) is 5. The molecule has 0 unspecified atom stereocenters. The van der Waals surface area contributed by atoms with Gasteiger partial charge in [0, 0.05) is 5.39 Å². The van der Waals surface area contributed by atoms with Crippen molar-refractivity contribution in [3.8, 4) is 10.7 Å². The fraction of sp³-hybridized carbons (Fsp3) is 0.0625. The first-order valence-corrected chi connectivity index (χ1v) is 7.81. The van der Waals surface area contributed by atoms with Gasteiger partial charge >= 0.3 is 0 Å². The largest absolute Gasteiger partial charge is 0.363 e. The van der Waals surface area contributed by atoms with E-state index in [9.17, 15) is 0 Å². The Morgan fingerprint density at radius 1 is 1.00 bits per heavy atom. The molecule has 0 atom stereocenters. The molecule has 4 rings (SSSR count). The summed E-state index contributed by atoms with van der Waals surface area (Å²) in [6.07, 6.45) is 0. The first-order chi connectivity index (χ1) is 10.9. The molecule has 0 aliphatic carbocycles. The Morgan fingerprint density at radius 2 is 1.95 bits per heavy atom. The average Bonchev–Trinajstić information content (AvgIpc) is 3.24. The van der Waals surface area contributed by atoms with Gasteiger partial charge in [-0.1, -0.05) is 24.3 Å². The predicted octanol–water partition coefficient (Wildman–Crippen LogP) is 3.69. The summed E-state index contributed by atoms with van der Waals surface area (Å²) in [5.41, 5.74) is 0.976. The molecule has 6 heteroatoms. The molecule has 0 aliphatic heterocycles. The molecule has 0 saturated carbocycles. The molecular formula is C16H13N5S. The van der Waals surface area contributed by atoms with Gasteiger partial charge in [-0.2, -0.15) is 5.10 Å². The molecule has 0 bridgehead atoms. The van der Waals surface area contributed by atoms with Crippen LogP contribution in [-0.2, 0) is 6.54 Å². The number of thiophene rings is 1. The monoisotopic (exact) mass is 307 g/mol. The lowest BCUT2D eigenvalue weighted by Crippen LogP contribution is -2.03. The third-order valence-electron chi connectivity index (χ3n) is 3.31. The van der Waals surface area contributed by atoms with Gasteiger partial charge in [0.2, 0.25) is 0 Å². The Bertz CT molecular complexity index is 898. The van der Waals surface area contributed by atoms with Crippen molar-refractivity contribution < 1.29 is 0 Å². The molecule has 4 aromatic rings. The van der Waals surface area contributed by atoms with E-state index in [1.165, 1.54) is 0 Å². The molecule has 0 fully saturated rings. The number of anilines is 1. The second-order valence-electron chi connectivity index (χ2n) is 4.83. The van der Waals surface area contributed by atoms with Crippen LogP contribution in [0.25, 0.3) is 21.6 Å². The van der Waals surface area contributed by atoms with Crippen molar-refractivity contribution >= 4 is 28.1 Å². The lowest BCUT2D eigenvalue weighted by Gasteiger charge is -2.04. The molecule has 108 valence electrons. The molecule has 22 heavy (non-hydrogen) atoms. The zero-order valence-electron chi connectivity index (χ0n) is 11.7. The minimum atomic E-state index is 0.559. The van der Waals surface area contributed by atoms with Gasteiger partial charge in [0.1, 0.15) is 11.6 Å². The van der Waals surface area contributed by atoms with Crippen molar-refractivity contribution in [3.63, 3.8) is 0 Å². The molecule has 3 heterocycles. The summed E-state index contributed by atoms with van der Waals surface area (Å²) in [5.74, 6) is 2.35. The number of para-hydroxylation sites is 1. The van der Waals surface area contributed by atoms with Crippen LogP contribution in [0.4, 0.5) is 5.82 Å². The lowest BCUT2D eigenvalue weighted by atomic mass is 10.2. The summed E-state index contributed by atoms with van der Waals surface area (Å²) in [4.78, 5) is 10.1. The summed E-state index contributed by atoms with van der Waals surface area (Å²) in [7, 11) is 0. The topological polar surface area (TPSA) is 66.5 Å². The number of hydrogen-bond donors (Lipinski definition) is 2. The van der Waals surface area contributed by atoms with Gasteiger partial charge in [-0.15, -0.1) is 11.3 Å². The van der Waals surface area contributed by atoms with Crippen molar-refractivity contribution in [1.29, 1.82) is 0 Å². The summed E-state index contributed by atoms with van der Waals surface area (Å²) in [6, 6.07) is 16.1. The molecule has 2 N–H and O–H groups in total. The van der Waals surface area contributed by atoms with E-state index < -0.39 is 0 Å². The van der Waals surface area contributed by atoms with Crippen LogP contribution < -0.4 is 5.32 Å². The van der Waals surface area contributed by atoms with Crippen LogP contribution in [0.1, 0.15) is 5.82 Å². The van der Waals surface area contributed by atoms with E-state index in [0.29, 0.717) is 6.54 Å². The van der Waals surface area contributed by atoms with E-state index >= 15 is 0 Å². The van der Waals surface area contributed by atoms with Gasteiger partial charge in [-0.05, 0) is 29.6 Å². The van der Waals surface area contributed by atoms with Gasteiger partial charge in [0.15, 0.2) is 5.82 Å². The van der Waals surface area contributed by atoms with E-state index in [2.05, 4.69) is 37.6 Å². The highest BCUT2D eigenvalue weighted by atomic mass is 32.1. The van der Waals surface area contributed by atoms with Gasteiger partial charge in [-0.3, -0.25) is 5.10 Å². The summed E-state index contributed by atoms with van der Waals surface area (Å²) >= 11 is 1.63. The molecule has 0 saturated heterocycles. The fourth-order valence-corrected chi connectivity index (χ4v) is 2.89. The molecule has 0 spiro atoms. The SMILES string of the molecule is c1csc(-c2n[nH]c(CNc3ccc4ccccc4n3)n2)c1. The highest BCUT2D eigenvalue weighted by Gasteiger charge is 2.06. The summed E-state index contributed by atoms with van der Waals surface area (Å²) < 4.78 is 0. The molecule has 0 radical (unpaired) electrons. The van der Waals surface area contributed by atoms with Crippen molar-refractivity contribution in [2.75, 3.05) is 5.32 Å². The number of pyridine rings is 1. The van der Waals surface area contributed by atoms with E-state index in [4.69, 9.17) is 0 Å². The number of H-pyrrole nitrogens is 1. The number of nitrogens with zero attached hydrogens (tertiary/aromatic N) is 3. The minimum Gasteiger partial charge on any atom is -0.363 e. The van der Waals surface area contributed by atoms with Gasteiger partial charge in [0.05, 0.1) is 16.9 Å². The second kappa shape index (κ2) is 5.57. The smallest absolute Gasteiger partial charge is 0.191 e. The molecule has 0 aliphatic rings. The highest BCUT2D eigenvalue weighted by Crippen LogP contribution is 2.20. The van der Waals surface area contributed by atoms with Crippen LogP contribution in [-0.4, -0.2) is 20.2 Å². The molecule has 1 aromatic carbocycles. The van der Waals surface area contributed by atoms with Crippen LogP contribution in [0.5, 0.6) is 0 Å². The Morgan fingerprint density at radius 3 is 2.86 bits per heavy atom. The Kier molecular flexibility index (Phi) is 3.29. The average molecular weight is 307 g/mol. The van der Waals surface area contributed by atoms with Crippen molar-refractivity contribution in [1.82, 2.24) is 20.2 Å². The van der Waals surface area contributed by atoms with Crippen molar-refractivity contribution in [2.24, 2.45) is 0 Å². The van der Waals surface area contributed by atoms with Crippen LogP contribution in [0, 0.1) is 0 Å². The van der Waals surface area contributed by atoms with Gasteiger partial charge in [-0.25, -0.2) is 9.97 Å².